The highest BCUT2D eigenvalue weighted by Crippen LogP contribution is 2.36. The Hall–Kier alpha value is -4.03. The smallest absolute Gasteiger partial charge is 0.281 e. The maximum Gasteiger partial charge on any atom is 0.281 e. The fraction of sp³-hybridized carbons (Fsp3) is 0.200. The molecule has 0 aromatic carbocycles. The van der Waals surface area contributed by atoms with Gasteiger partial charge in [-0.3, -0.25) is 24.9 Å². The van der Waals surface area contributed by atoms with Crippen molar-refractivity contribution in [3.63, 3.8) is 0 Å². The molecule has 0 bridgehead atoms. The second kappa shape index (κ2) is 10.4. The van der Waals surface area contributed by atoms with Crippen molar-refractivity contribution in [2.75, 3.05) is 12.4 Å². The molecular weight excluding hydrogens is 538 g/mol. The lowest BCUT2D eigenvalue weighted by molar-refractivity contribution is 0.0736. The number of carbonyl (C=O) groups is 2. The molecule has 1 N–H and O–H groups in total. The minimum atomic E-state index is -2.86. The number of nitrogens with one attached hydrogen (secondary N) is 1. The summed E-state index contributed by atoms with van der Waals surface area (Å²) in [5, 5.41) is 3.38. The number of halogens is 3. The van der Waals surface area contributed by atoms with Gasteiger partial charge in [-0.25, -0.2) is 18.7 Å². The molecule has 1 aliphatic heterocycles. The first kappa shape index (κ1) is 25.6. The molecule has 0 saturated carbocycles. The number of fused-ring (bicyclic) bond motifs is 1. The Balaban J connectivity index is 1.36. The predicted octanol–water partition coefficient (Wildman–Crippen LogP) is 5.31. The summed E-state index contributed by atoms with van der Waals surface area (Å²) in [5.74, 6) is -0.556. The van der Waals surface area contributed by atoms with E-state index in [2.05, 4.69) is 25.3 Å². The van der Waals surface area contributed by atoms with Crippen LogP contribution in [0.2, 0.25) is 5.15 Å². The van der Waals surface area contributed by atoms with E-state index in [9.17, 15) is 18.4 Å². The SMILES string of the molecule is COc1cnc(Cl)cc1-c1cc(C)ncc1C(=O)Nc1nc2c(s1)CN(C(=O)c1cccnc1C(F)F)C2. The van der Waals surface area contributed by atoms with E-state index < -0.39 is 23.9 Å². The molecule has 0 aliphatic carbocycles. The molecule has 9 nitrogen and oxygen atoms in total. The van der Waals surface area contributed by atoms with Crippen molar-refractivity contribution in [1.82, 2.24) is 24.8 Å². The Bertz CT molecular complexity index is 1540. The van der Waals surface area contributed by atoms with Gasteiger partial charge in [-0.2, -0.15) is 0 Å². The number of alkyl halides is 2. The molecule has 4 aromatic heterocycles. The van der Waals surface area contributed by atoms with Crippen molar-refractivity contribution in [3.05, 3.63) is 81.1 Å². The van der Waals surface area contributed by atoms with Crippen molar-refractivity contribution >= 4 is 39.9 Å². The Kier molecular flexibility index (Phi) is 7.00. The molecule has 4 aromatic rings. The van der Waals surface area contributed by atoms with E-state index in [1.807, 2.05) is 0 Å². The zero-order chi connectivity index (χ0) is 27.0. The topological polar surface area (TPSA) is 110 Å². The van der Waals surface area contributed by atoms with Gasteiger partial charge in [0.15, 0.2) is 5.13 Å². The number of ether oxygens (including phenoxy) is 1. The van der Waals surface area contributed by atoms with E-state index in [-0.39, 0.29) is 29.4 Å². The lowest BCUT2D eigenvalue weighted by atomic mass is 10.0. The average molecular weight is 557 g/mol. The summed E-state index contributed by atoms with van der Waals surface area (Å²) >= 11 is 7.31. The monoisotopic (exact) mass is 556 g/mol. The summed E-state index contributed by atoms with van der Waals surface area (Å²) in [6, 6.07) is 6.14. The molecule has 1 aliphatic rings. The van der Waals surface area contributed by atoms with Gasteiger partial charge in [-0.1, -0.05) is 22.9 Å². The third-order valence-electron chi connectivity index (χ3n) is 5.87. The number of aryl methyl sites for hydroxylation is 1. The quantitative estimate of drug-likeness (QED) is 0.320. The lowest BCUT2D eigenvalue weighted by Gasteiger charge is -2.17. The van der Waals surface area contributed by atoms with Crippen molar-refractivity contribution in [2.45, 2.75) is 26.4 Å². The Morgan fingerprint density at radius 1 is 1.13 bits per heavy atom. The molecule has 0 saturated heterocycles. The highest BCUT2D eigenvalue weighted by atomic mass is 35.5. The molecule has 0 spiro atoms. The van der Waals surface area contributed by atoms with Crippen molar-refractivity contribution in [2.24, 2.45) is 0 Å². The zero-order valence-corrected chi connectivity index (χ0v) is 21.6. The van der Waals surface area contributed by atoms with Gasteiger partial charge in [0, 0.05) is 29.2 Å². The second-order valence-corrected chi connectivity index (χ2v) is 9.79. The molecule has 0 unspecified atom stereocenters. The van der Waals surface area contributed by atoms with E-state index in [4.69, 9.17) is 16.3 Å². The first-order valence-electron chi connectivity index (χ1n) is 11.2. The molecule has 2 amide bonds. The number of aromatic nitrogens is 4. The summed E-state index contributed by atoms with van der Waals surface area (Å²) in [7, 11) is 1.50. The van der Waals surface area contributed by atoms with E-state index in [1.54, 1.807) is 19.1 Å². The number of carbonyl (C=O) groups excluding carboxylic acids is 2. The van der Waals surface area contributed by atoms with Gasteiger partial charge in [0.1, 0.15) is 16.6 Å². The molecule has 5 heterocycles. The first-order chi connectivity index (χ1) is 18.2. The number of hydrogen-bond acceptors (Lipinski definition) is 8. The molecule has 0 radical (unpaired) electrons. The van der Waals surface area contributed by atoms with Gasteiger partial charge >= 0.3 is 0 Å². The highest BCUT2D eigenvalue weighted by molar-refractivity contribution is 7.16. The maximum atomic E-state index is 13.3. The number of thiazole rings is 1. The summed E-state index contributed by atoms with van der Waals surface area (Å²) < 4.78 is 32.0. The van der Waals surface area contributed by atoms with Crippen LogP contribution in [0.4, 0.5) is 13.9 Å². The largest absolute Gasteiger partial charge is 0.494 e. The van der Waals surface area contributed by atoms with Crippen LogP contribution in [0.15, 0.2) is 42.9 Å². The number of pyridine rings is 3. The number of rotatable bonds is 6. The van der Waals surface area contributed by atoms with E-state index in [0.29, 0.717) is 33.4 Å². The summed E-state index contributed by atoms with van der Waals surface area (Å²) in [6.07, 6.45) is 1.30. The maximum absolute atomic E-state index is 13.3. The molecule has 0 atom stereocenters. The van der Waals surface area contributed by atoms with Crippen LogP contribution in [-0.4, -0.2) is 43.8 Å². The van der Waals surface area contributed by atoms with E-state index in [1.165, 1.54) is 54.1 Å². The van der Waals surface area contributed by atoms with Crippen molar-refractivity contribution in [1.29, 1.82) is 0 Å². The van der Waals surface area contributed by atoms with Crippen LogP contribution < -0.4 is 10.1 Å². The molecule has 13 heteroatoms. The number of nitrogens with zero attached hydrogens (tertiary/aromatic N) is 5. The van der Waals surface area contributed by atoms with Crippen LogP contribution in [0.25, 0.3) is 11.1 Å². The summed E-state index contributed by atoms with van der Waals surface area (Å²) in [6.45, 7) is 2.11. The Labute approximate surface area is 224 Å². The van der Waals surface area contributed by atoms with Gasteiger partial charge in [-0.05, 0) is 31.2 Å². The van der Waals surface area contributed by atoms with Crippen LogP contribution in [0.5, 0.6) is 5.75 Å². The highest BCUT2D eigenvalue weighted by Gasteiger charge is 2.31. The van der Waals surface area contributed by atoms with E-state index in [0.717, 1.165) is 4.88 Å². The van der Waals surface area contributed by atoms with Crippen LogP contribution in [0, 0.1) is 6.92 Å². The molecule has 0 fully saturated rings. The number of anilines is 1. The van der Waals surface area contributed by atoms with Crippen LogP contribution in [0.1, 0.15) is 49.1 Å². The Morgan fingerprint density at radius 2 is 1.95 bits per heavy atom. The molecule has 38 heavy (non-hydrogen) atoms. The van der Waals surface area contributed by atoms with Crippen LogP contribution >= 0.6 is 22.9 Å². The standard InChI is InChI=1S/C25H19ClF2N6O3S/c1-12-6-14(15-7-20(26)31-9-18(15)37-2)16(8-30-12)23(35)33-25-32-17-10-34(11-19(17)38-25)24(36)13-4-3-5-29-21(13)22(27)28/h3-9,22H,10-11H2,1-2H3,(H,32,33,35). The number of methoxy groups -OCH3 is 1. The molecule has 194 valence electrons. The Morgan fingerprint density at radius 3 is 2.68 bits per heavy atom. The number of amides is 2. The van der Waals surface area contributed by atoms with Crippen LogP contribution in [-0.2, 0) is 13.1 Å². The second-order valence-electron chi connectivity index (χ2n) is 8.32. The number of hydrogen-bond donors (Lipinski definition) is 1. The van der Waals surface area contributed by atoms with Gasteiger partial charge in [0.25, 0.3) is 18.2 Å². The third-order valence-corrected chi connectivity index (χ3v) is 7.07. The minimum Gasteiger partial charge on any atom is -0.494 e. The van der Waals surface area contributed by atoms with Gasteiger partial charge < -0.3 is 9.64 Å². The van der Waals surface area contributed by atoms with Gasteiger partial charge in [0.2, 0.25) is 0 Å². The molecule has 5 rings (SSSR count). The zero-order valence-electron chi connectivity index (χ0n) is 20.0. The van der Waals surface area contributed by atoms with Crippen molar-refractivity contribution < 1.29 is 23.1 Å². The van der Waals surface area contributed by atoms with Crippen LogP contribution in [0.3, 0.4) is 0 Å². The fourth-order valence-electron chi connectivity index (χ4n) is 4.10. The summed E-state index contributed by atoms with van der Waals surface area (Å²) in [5.41, 5.74) is 2.00. The third kappa shape index (κ3) is 4.92. The predicted molar refractivity (Wildman–Crippen MR) is 137 cm³/mol. The summed E-state index contributed by atoms with van der Waals surface area (Å²) in [4.78, 5) is 44.7. The normalized spacial score (nSPS) is 12.5. The van der Waals surface area contributed by atoms with Crippen molar-refractivity contribution in [3.8, 4) is 16.9 Å². The molecular formula is C25H19ClF2N6O3S. The van der Waals surface area contributed by atoms with E-state index >= 15 is 0 Å². The van der Waals surface area contributed by atoms with Gasteiger partial charge in [0.05, 0.1) is 48.1 Å². The van der Waals surface area contributed by atoms with Gasteiger partial charge in [-0.15, -0.1) is 0 Å². The average Bonchev–Trinajstić information content (AvgIpc) is 3.47. The fourth-order valence-corrected chi connectivity index (χ4v) is 5.24. The lowest BCUT2D eigenvalue weighted by Crippen LogP contribution is -2.27. The minimum absolute atomic E-state index is 0.127. The first-order valence-corrected chi connectivity index (χ1v) is 12.4.